The number of hydrogen-bond acceptors (Lipinski definition) is 4. The van der Waals surface area contributed by atoms with Gasteiger partial charge in [0, 0.05) is 0 Å². The minimum absolute atomic E-state index is 0. The Morgan fingerprint density at radius 1 is 1.27 bits per heavy atom. The fourth-order valence-corrected chi connectivity index (χ4v) is 1.02. The van der Waals surface area contributed by atoms with Crippen molar-refractivity contribution in [2.24, 2.45) is 5.73 Å². The van der Waals surface area contributed by atoms with Crippen LogP contribution in [0.25, 0.3) is 0 Å². The van der Waals surface area contributed by atoms with Gasteiger partial charge in [0.05, 0.1) is 6.54 Å². The summed E-state index contributed by atoms with van der Waals surface area (Å²) in [6.45, 7) is 0.185. The maximum atomic E-state index is 10.6. The molecule has 0 radical (unpaired) electrons. The highest BCUT2D eigenvalue weighted by atomic mass is 16.4. The molecule has 0 spiro atoms. The molecule has 0 aromatic carbocycles. The standard InChI is InChI=1S/C8H16N2O4.H2O/c9-4-2-1-3-6(8(13)14)10-5-7(11)12;/h6,10H,1-5,9H2,(H,11,12)(H,13,14);1H2. The van der Waals surface area contributed by atoms with E-state index in [-0.39, 0.29) is 12.0 Å². The van der Waals surface area contributed by atoms with Crippen molar-refractivity contribution >= 4 is 11.9 Å². The molecule has 0 aromatic heterocycles. The average Bonchev–Trinajstić information content (AvgIpc) is 2.10. The van der Waals surface area contributed by atoms with Crippen molar-refractivity contribution in [3.63, 3.8) is 0 Å². The number of hydrogen-bond donors (Lipinski definition) is 4. The van der Waals surface area contributed by atoms with Crippen LogP contribution < -0.4 is 11.1 Å². The van der Waals surface area contributed by atoms with E-state index in [2.05, 4.69) is 5.32 Å². The number of nitrogens with two attached hydrogens (primary N) is 1. The lowest BCUT2D eigenvalue weighted by Gasteiger charge is -2.12. The largest absolute Gasteiger partial charge is 0.480 e. The second kappa shape index (κ2) is 9.38. The van der Waals surface area contributed by atoms with E-state index in [1.165, 1.54) is 0 Å². The summed E-state index contributed by atoms with van der Waals surface area (Å²) in [5.74, 6) is -2.08. The van der Waals surface area contributed by atoms with E-state index >= 15 is 0 Å². The van der Waals surface area contributed by atoms with E-state index in [9.17, 15) is 9.59 Å². The minimum atomic E-state index is -1.06. The normalized spacial score (nSPS) is 11.5. The van der Waals surface area contributed by atoms with Gasteiger partial charge in [0.15, 0.2) is 0 Å². The Labute approximate surface area is 87.6 Å². The summed E-state index contributed by atoms with van der Waals surface area (Å²) in [6.07, 6.45) is 1.83. The summed E-state index contributed by atoms with van der Waals surface area (Å²) in [5, 5.41) is 19.5. The number of carbonyl (C=O) groups is 2. The highest BCUT2D eigenvalue weighted by Gasteiger charge is 2.16. The van der Waals surface area contributed by atoms with Crippen LogP contribution in [0.2, 0.25) is 0 Å². The first-order valence-electron chi connectivity index (χ1n) is 4.46. The van der Waals surface area contributed by atoms with E-state index < -0.39 is 18.0 Å². The number of nitrogens with one attached hydrogen (secondary N) is 1. The lowest BCUT2D eigenvalue weighted by atomic mass is 10.1. The molecule has 0 rings (SSSR count). The maximum absolute atomic E-state index is 10.6. The van der Waals surface area contributed by atoms with Gasteiger partial charge >= 0.3 is 11.9 Å². The quantitative estimate of drug-likeness (QED) is 0.365. The van der Waals surface area contributed by atoms with E-state index in [4.69, 9.17) is 15.9 Å². The first-order chi connectivity index (χ1) is 6.57. The summed E-state index contributed by atoms with van der Waals surface area (Å²) >= 11 is 0. The van der Waals surface area contributed by atoms with Crippen molar-refractivity contribution in [2.45, 2.75) is 25.3 Å². The summed E-state index contributed by atoms with van der Waals surface area (Å²) in [6, 6.07) is -0.794. The summed E-state index contributed by atoms with van der Waals surface area (Å²) in [4.78, 5) is 20.8. The van der Waals surface area contributed by atoms with Crippen LogP contribution in [0.5, 0.6) is 0 Å². The first-order valence-corrected chi connectivity index (χ1v) is 4.46. The Balaban J connectivity index is 0. The number of carboxylic acids is 2. The van der Waals surface area contributed by atoms with Gasteiger partial charge in [0.2, 0.25) is 0 Å². The van der Waals surface area contributed by atoms with Crippen molar-refractivity contribution in [3.8, 4) is 0 Å². The molecule has 0 aliphatic heterocycles. The van der Waals surface area contributed by atoms with Crippen molar-refractivity contribution in [1.29, 1.82) is 0 Å². The number of aliphatic carboxylic acids is 2. The van der Waals surface area contributed by atoms with Crippen LogP contribution >= 0.6 is 0 Å². The number of carboxylic acid groups (broad SMARTS) is 2. The molecule has 0 heterocycles. The van der Waals surface area contributed by atoms with Gasteiger partial charge in [-0.25, -0.2) is 0 Å². The SMILES string of the molecule is NCCCCC(NCC(=O)O)C(=O)O.O. The van der Waals surface area contributed by atoms with E-state index in [1.807, 2.05) is 0 Å². The lowest BCUT2D eigenvalue weighted by molar-refractivity contribution is -0.140. The minimum Gasteiger partial charge on any atom is -0.480 e. The second-order valence-corrected chi connectivity index (χ2v) is 2.95. The topological polar surface area (TPSA) is 144 Å². The van der Waals surface area contributed by atoms with E-state index in [0.717, 1.165) is 6.42 Å². The van der Waals surface area contributed by atoms with Gasteiger partial charge < -0.3 is 21.4 Å². The Hall–Kier alpha value is -1.18. The van der Waals surface area contributed by atoms with Crippen LogP contribution in [-0.2, 0) is 9.59 Å². The zero-order chi connectivity index (χ0) is 11.0. The van der Waals surface area contributed by atoms with Crippen molar-refractivity contribution in [1.82, 2.24) is 5.32 Å². The molecule has 0 aromatic rings. The number of unbranched alkanes of at least 4 members (excludes halogenated alkanes) is 1. The molecule has 1 atom stereocenters. The van der Waals surface area contributed by atoms with Crippen molar-refractivity contribution in [3.05, 3.63) is 0 Å². The van der Waals surface area contributed by atoms with Gasteiger partial charge in [-0.1, -0.05) is 6.42 Å². The maximum Gasteiger partial charge on any atom is 0.320 e. The molecule has 90 valence electrons. The third-order valence-corrected chi connectivity index (χ3v) is 1.74. The highest BCUT2D eigenvalue weighted by molar-refractivity contribution is 5.75. The van der Waals surface area contributed by atoms with Crippen LogP contribution in [0.4, 0.5) is 0 Å². The predicted octanol–water partition coefficient (Wildman–Crippen LogP) is -1.58. The summed E-state index contributed by atoms with van der Waals surface area (Å²) in [5.41, 5.74) is 5.25. The monoisotopic (exact) mass is 222 g/mol. The molecular formula is C8H18N2O5. The molecule has 0 amide bonds. The van der Waals surface area contributed by atoms with Crippen LogP contribution in [0.1, 0.15) is 19.3 Å². The van der Waals surface area contributed by atoms with Gasteiger partial charge in [0.1, 0.15) is 6.04 Å². The molecule has 7 N–H and O–H groups in total. The smallest absolute Gasteiger partial charge is 0.320 e. The van der Waals surface area contributed by atoms with Gasteiger partial charge in [-0.2, -0.15) is 0 Å². The molecule has 0 aliphatic rings. The predicted molar refractivity (Wildman–Crippen MR) is 53.6 cm³/mol. The molecule has 7 heteroatoms. The van der Waals surface area contributed by atoms with Crippen LogP contribution in [0.3, 0.4) is 0 Å². The Morgan fingerprint density at radius 2 is 1.87 bits per heavy atom. The molecule has 0 saturated heterocycles. The molecule has 0 saturated carbocycles. The number of rotatable bonds is 8. The van der Waals surface area contributed by atoms with Gasteiger partial charge in [0.25, 0.3) is 0 Å². The summed E-state index contributed by atoms with van der Waals surface area (Å²) < 4.78 is 0. The van der Waals surface area contributed by atoms with Crippen LogP contribution in [0, 0.1) is 0 Å². The Kier molecular flexibility index (Phi) is 10.2. The molecule has 0 aliphatic carbocycles. The van der Waals surface area contributed by atoms with Gasteiger partial charge in [-0.15, -0.1) is 0 Å². The molecule has 15 heavy (non-hydrogen) atoms. The third-order valence-electron chi connectivity index (χ3n) is 1.74. The third kappa shape index (κ3) is 9.13. The molecule has 1 unspecified atom stereocenters. The average molecular weight is 222 g/mol. The highest BCUT2D eigenvalue weighted by Crippen LogP contribution is 2.00. The van der Waals surface area contributed by atoms with E-state index in [0.29, 0.717) is 19.4 Å². The lowest BCUT2D eigenvalue weighted by Crippen LogP contribution is -2.39. The first kappa shape index (κ1) is 16.3. The van der Waals surface area contributed by atoms with Crippen molar-refractivity contribution < 1.29 is 25.3 Å². The second-order valence-electron chi connectivity index (χ2n) is 2.95. The van der Waals surface area contributed by atoms with Crippen LogP contribution in [0.15, 0.2) is 0 Å². The van der Waals surface area contributed by atoms with Gasteiger partial charge in [-0.05, 0) is 19.4 Å². The fourth-order valence-electron chi connectivity index (χ4n) is 1.02. The molecule has 0 fully saturated rings. The molecular weight excluding hydrogens is 204 g/mol. The van der Waals surface area contributed by atoms with Crippen molar-refractivity contribution in [2.75, 3.05) is 13.1 Å². The van der Waals surface area contributed by atoms with E-state index in [1.54, 1.807) is 0 Å². The molecule has 0 bridgehead atoms. The van der Waals surface area contributed by atoms with Crippen LogP contribution in [-0.4, -0.2) is 46.8 Å². The summed E-state index contributed by atoms with van der Waals surface area (Å²) in [7, 11) is 0. The Morgan fingerprint density at radius 3 is 2.27 bits per heavy atom. The Bertz CT molecular complexity index is 197. The fraction of sp³-hybridized carbons (Fsp3) is 0.750. The zero-order valence-corrected chi connectivity index (χ0v) is 8.40. The van der Waals surface area contributed by atoms with Gasteiger partial charge in [-0.3, -0.25) is 14.9 Å². The molecule has 7 nitrogen and oxygen atoms in total. The zero-order valence-electron chi connectivity index (χ0n) is 8.40.